The maximum atomic E-state index is 13.4. The lowest BCUT2D eigenvalue weighted by molar-refractivity contribution is -0.169. The quantitative estimate of drug-likeness (QED) is 0.0789. The van der Waals surface area contributed by atoms with Crippen molar-refractivity contribution in [2.75, 3.05) is 20.1 Å². The van der Waals surface area contributed by atoms with Gasteiger partial charge in [0.25, 0.3) is 0 Å². The van der Waals surface area contributed by atoms with Crippen LogP contribution in [0.25, 0.3) is 22.3 Å². The van der Waals surface area contributed by atoms with Crippen molar-refractivity contribution in [3.8, 4) is 17.1 Å². The molecule has 0 radical (unpaired) electrons. The van der Waals surface area contributed by atoms with Gasteiger partial charge in [0.2, 0.25) is 22.9 Å². The number of aliphatic hydroxyl groups excluding tert-OH is 1. The first kappa shape index (κ1) is 37.6. The monoisotopic (exact) mass is 769 g/mol. The number of aromatic amines is 1. The molecule has 0 unspecified atom stereocenters. The molecule has 1 aliphatic rings. The van der Waals surface area contributed by atoms with Gasteiger partial charge in [-0.05, 0) is 91.8 Å². The van der Waals surface area contributed by atoms with Gasteiger partial charge in [0.1, 0.15) is 11.9 Å². The topological polar surface area (TPSA) is 174 Å². The fraction of sp³-hybridized carbons (Fsp3) is 0.350. The average Bonchev–Trinajstić information content (AvgIpc) is 4.00. The van der Waals surface area contributed by atoms with Crippen molar-refractivity contribution < 1.29 is 29.4 Å². The first-order valence-electron chi connectivity index (χ1n) is 18.1. The van der Waals surface area contributed by atoms with Crippen LogP contribution in [0.4, 0.5) is 0 Å². The number of rotatable bonds is 15. The van der Waals surface area contributed by atoms with Gasteiger partial charge in [-0.15, -0.1) is 22.7 Å². The lowest BCUT2D eigenvalue weighted by Gasteiger charge is -2.35. The number of fused-ring (bicyclic) bond motifs is 1. The van der Waals surface area contributed by atoms with Crippen molar-refractivity contribution in [1.82, 2.24) is 25.3 Å². The summed E-state index contributed by atoms with van der Waals surface area (Å²) in [4.78, 5) is 35.8. The van der Waals surface area contributed by atoms with Gasteiger partial charge in [-0.3, -0.25) is 4.79 Å². The first-order valence-corrected chi connectivity index (χ1v) is 19.8. The standard InChI is InChI=1S/C40H43N5O7S2/c1-45(27-12-14-28(15-13-27)51-39(49)40(50,33-5-3-21-53-33)34-6-4-22-54-34)20-2-7-36-43-38(44-52-36)26-10-8-25(9-11-26)23-41-24-32(47)29-16-18-31(46)37-30(29)17-19-35(48)42-37/h3-6,8-11,16-19,21-22,27-28,32,41,46-47,50H,2,7,12-15,20,23-24H2,1H3,(H,42,48)/t27-,28-,32-/m0/s1. The molecule has 1 saturated carbocycles. The second kappa shape index (κ2) is 16.8. The molecule has 1 atom stereocenters. The number of esters is 1. The van der Waals surface area contributed by atoms with Crippen LogP contribution in [0, 0.1) is 0 Å². The number of benzene rings is 2. The van der Waals surface area contributed by atoms with Gasteiger partial charge >= 0.3 is 5.97 Å². The Hall–Kier alpha value is -4.70. The molecule has 7 rings (SSSR count). The Morgan fingerprint density at radius 3 is 2.44 bits per heavy atom. The van der Waals surface area contributed by atoms with Gasteiger partial charge in [-0.1, -0.05) is 47.6 Å². The number of carbonyl (C=O) groups excluding carboxylic acids is 1. The van der Waals surface area contributed by atoms with Gasteiger partial charge < -0.3 is 39.8 Å². The van der Waals surface area contributed by atoms with Gasteiger partial charge in [0.05, 0.1) is 21.4 Å². The van der Waals surface area contributed by atoms with Crippen LogP contribution in [0.5, 0.6) is 5.75 Å². The second-order valence-electron chi connectivity index (χ2n) is 13.7. The van der Waals surface area contributed by atoms with E-state index in [1.54, 1.807) is 24.3 Å². The number of phenols is 1. The summed E-state index contributed by atoms with van der Waals surface area (Å²) in [5, 5.41) is 44.3. The molecule has 282 valence electrons. The molecule has 4 aromatic heterocycles. The van der Waals surface area contributed by atoms with Crippen LogP contribution >= 0.6 is 22.7 Å². The SMILES string of the molecule is CN(CCCc1nc(-c2ccc(CNC[C@H](O)c3ccc(O)c4[nH]c(=O)ccc34)cc2)no1)[C@H]1CC[C@H](OC(=O)C(O)(c2cccs2)c2cccs2)CC1. The zero-order valence-corrected chi connectivity index (χ0v) is 31.4. The molecule has 5 N–H and O–H groups in total. The molecule has 2 aromatic carbocycles. The summed E-state index contributed by atoms with van der Waals surface area (Å²) in [5.41, 5.74) is 0.673. The maximum absolute atomic E-state index is 13.4. The Morgan fingerprint density at radius 2 is 1.76 bits per heavy atom. The fourth-order valence-corrected chi connectivity index (χ4v) is 8.77. The number of phenolic OH excluding ortho intramolecular Hbond substituents is 1. The fourth-order valence-electron chi connectivity index (χ4n) is 7.05. The summed E-state index contributed by atoms with van der Waals surface area (Å²) < 4.78 is 11.5. The van der Waals surface area contributed by atoms with Crippen LogP contribution in [0.3, 0.4) is 0 Å². The Labute approximate surface area is 320 Å². The summed E-state index contributed by atoms with van der Waals surface area (Å²) in [6, 6.07) is 21.5. The molecular formula is C40H43N5O7S2. The van der Waals surface area contributed by atoms with E-state index in [0.29, 0.717) is 56.9 Å². The van der Waals surface area contributed by atoms with E-state index in [1.165, 1.54) is 34.8 Å². The van der Waals surface area contributed by atoms with Gasteiger partial charge in [-0.25, -0.2) is 4.79 Å². The number of nitrogens with one attached hydrogen (secondary N) is 2. The number of pyridine rings is 1. The molecule has 0 amide bonds. The van der Waals surface area contributed by atoms with E-state index in [9.17, 15) is 24.9 Å². The Balaban J connectivity index is 0.832. The predicted octanol–water partition coefficient (Wildman–Crippen LogP) is 5.88. The molecule has 0 aliphatic heterocycles. The molecule has 1 aliphatic carbocycles. The largest absolute Gasteiger partial charge is 0.506 e. The number of aromatic nitrogens is 3. The zero-order valence-electron chi connectivity index (χ0n) is 29.8. The molecule has 1 fully saturated rings. The Morgan fingerprint density at radius 1 is 1.04 bits per heavy atom. The third-order valence-electron chi connectivity index (χ3n) is 10.1. The number of aliphatic hydroxyl groups is 2. The number of nitrogens with zero attached hydrogens (tertiary/aromatic N) is 3. The second-order valence-corrected chi connectivity index (χ2v) is 15.6. The highest BCUT2D eigenvalue weighted by Gasteiger charge is 2.45. The lowest BCUT2D eigenvalue weighted by Crippen LogP contribution is -2.42. The average molecular weight is 770 g/mol. The lowest BCUT2D eigenvalue weighted by atomic mass is 9.91. The molecular weight excluding hydrogens is 727 g/mol. The van der Waals surface area contributed by atoms with Crippen molar-refractivity contribution in [2.45, 2.75) is 68.9 Å². The van der Waals surface area contributed by atoms with Crippen molar-refractivity contribution in [3.05, 3.63) is 121 Å². The molecule has 12 nitrogen and oxygen atoms in total. The predicted molar refractivity (Wildman–Crippen MR) is 207 cm³/mol. The molecule has 54 heavy (non-hydrogen) atoms. The summed E-state index contributed by atoms with van der Waals surface area (Å²) in [7, 11) is 2.12. The maximum Gasteiger partial charge on any atom is 0.349 e. The molecule has 4 heterocycles. The van der Waals surface area contributed by atoms with E-state index in [0.717, 1.165) is 49.8 Å². The molecule has 6 aromatic rings. The number of hydrogen-bond donors (Lipinski definition) is 5. The number of hydrogen-bond acceptors (Lipinski definition) is 13. The van der Waals surface area contributed by atoms with Crippen LogP contribution in [0.15, 0.2) is 92.9 Å². The highest BCUT2D eigenvalue weighted by Crippen LogP contribution is 2.38. The van der Waals surface area contributed by atoms with Crippen LogP contribution in [-0.2, 0) is 28.1 Å². The molecule has 0 saturated heterocycles. The van der Waals surface area contributed by atoms with Crippen LogP contribution in [-0.4, -0.2) is 73.6 Å². The van der Waals surface area contributed by atoms with E-state index < -0.39 is 17.7 Å². The normalized spacial score (nSPS) is 16.9. The number of aryl methyl sites for hydroxylation is 1. The molecule has 0 bridgehead atoms. The van der Waals surface area contributed by atoms with Crippen molar-refractivity contribution in [1.29, 1.82) is 0 Å². The number of carbonyl (C=O) groups is 1. The third-order valence-corrected chi connectivity index (χ3v) is 12.1. The van der Waals surface area contributed by atoms with Gasteiger partial charge in [-0.2, -0.15) is 4.98 Å². The van der Waals surface area contributed by atoms with Crippen molar-refractivity contribution in [2.24, 2.45) is 0 Å². The minimum atomic E-state index is -1.78. The van der Waals surface area contributed by atoms with Crippen LogP contribution < -0.4 is 10.9 Å². The van der Waals surface area contributed by atoms with Crippen LogP contribution in [0.1, 0.15) is 65.0 Å². The number of H-pyrrole nitrogens is 1. The third kappa shape index (κ3) is 8.33. The van der Waals surface area contributed by atoms with E-state index in [-0.39, 0.29) is 24.0 Å². The minimum absolute atomic E-state index is 0.0442. The Bertz CT molecular complexity index is 2160. The van der Waals surface area contributed by atoms with Crippen molar-refractivity contribution >= 4 is 39.5 Å². The van der Waals surface area contributed by atoms with Crippen molar-refractivity contribution in [3.63, 3.8) is 0 Å². The van der Waals surface area contributed by atoms with E-state index in [2.05, 4.69) is 32.4 Å². The summed E-state index contributed by atoms with van der Waals surface area (Å²) in [5.74, 6) is 0.468. The number of thiophene rings is 2. The van der Waals surface area contributed by atoms with Gasteiger partial charge in [0.15, 0.2) is 0 Å². The number of ether oxygens (including phenoxy) is 1. The summed E-state index contributed by atoms with van der Waals surface area (Å²) >= 11 is 2.69. The first-order chi connectivity index (χ1) is 26.2. The molecule has 0 spiro atoms. The van der Waals surface area contributed by atoms with E-state index in [4.69, 9.17) is 9.26 Å². The van der Waals surface area contributed by atoms with E-state index >= 15 is 0 Å². The summed E-state index contributed by atoms with van der Waals surface area (Å²) in [6.45, 7) is 1.66. The smallest absolute Gasteiger partial charge is 0.349 e. The zero-order chi connectivity index (χ0) is 37.7. The minimum Gasteiger partial charge on any atom is -0.506 e. The van der Waals surface area contributed by atoms with Gasteiger partial charge in [0, 0.05) is 42.6 Å². The highest BCUT2D eigenvalue weighted by atomic mass is 32.1. The molecule has 14 heteroatoms. The Kier molecular flexibility index (Phi) is 11.7. The van der Waals surface area contributed by atoms with E-state index in [1.807, 2.05) is 47.2 Å². The van der Waals surface area contributed by atoms with Crippen LogP contribution in [0.2, 0.25) is 0 Å². The number of aromatic hydroxyl groups is 1. The summed E-state index contributed by atoms with van der Waals surface area (Å²) in [6.07, 6.45) is 3.75. The highest BCUT2D eigenvalue weighted by molar-refractivity contribution is 7.12.